The predicted octanol–water partition coefficient (Wildman–Crippen LogP) is 2.99. The van der Waals surface area contributed by atoms with Crippen molar-refractivity contribution in [2.24, 2.45) is 0 Å². The summed E-state index contributed by atoms with van der Waals surface area (Å²) in [5.74, 6) is 0.267. The van der Waals surface area contributed by atoms with Gasteiger partial charge in [-0.1, -0.05) is 25.5 Å². The van der Waals surface area contributed by atoms with Crippen LogP contribution in [0.1, 0.15) is 44.6 Å². The Bertz CT molecular complexity index is 411. The zero-order valence-corrected chi connectivity index (χ0v) is 11.8. The summed E-state index contributed by atoms with van der Waals surface area (Å²) in [6, 6.07) is 8.09. The van der Waals surface area contributed by atoms with Gasteiger partial charge in [0.15, 0.2) is 0 Å². The molecular weight excluding hydrogens is 236 g/mol. The van der Waals surface area contributed by atoms with E-state index < -0.39 is 0 Å². The largest absolute Gasteiger partial charge is 0.399 e. The van der Waals surface area contributed by atoms with Crippen molar-refractivity contribution in [3.8, 4) is 0 Å². The number of rotatable bonds is 4. The van der Waals surface area contributed by atoms with Gasteiger partial charge in [-0.2, -0.15) is 0 Å². The fourth-order valence-electron chi connectivity index (χ4n) is 2.87. The summed E-state index contributed by atoms with van der Waals surface area (Å²) in [7, 11) is 0. The maximum absolute atomic E-state index is 12.4. The van der Waals surface area contributed by atoms with E-state index >= 15 is 0 Å². The zero-order valence-electron chi connectivity index (χ0n) is 11.8. The van der Waals surface area contributed by atoms with Crippen LogP contribution in [0, 0.1) is 0 Å². The third kappa shape index (κ3) is 3.72. The van der Waals surface area contributed by atoms with Crippen LogP contribution in [0.2, 0.25) is 0 Å². The highest BCUT2D eigenvalue weighted by Gasteiger charge is 2.25. The Kier molecular flexibility index (Phi) is 4.83. The Hall–Kier alpha value is -1.51. The van der Waals surface area contributed by atoms with Crippen LogP contribution < -0.4 is 5.73 Å². The first-order valence-electron chi connectivity index (χ1n) is 7.34. The molecule has 0 radical (unpaired) electrons. The summed E-state index contributed by atoms with van der Waals surface area (Å²) in [5, 5.41) is 0. The number of piperidine rings is 1. The van der Waals surface area contributed by atoms with Gasteiger partial charge in [-0.3, -0.25) is 4.79 Å². The second-order valence-corrected chi connectivity index (χ2v) is 5.44. The maximum atomic E-state index is 12.4. The van der Waals surface area contributed by atoms with Crippen molar-refractivity contribution in [3.05, 3.63) is 29.8 Å². The quantitative estimate of drug-likeness (QED) is 0.846. The summed E-state index contributed by atoms with van der Waals surface area (Å²) in [5.41, 5.74) is 7.47. The van der Waals surface area contributed by atoms with Crippen molar-refractivity contribution in [2.45, 2.75) is 51.5 Å². The average Bonchev–Trinajstić information content (AvgIpc) is 2.42. The first kappa shape index (κ1) is 13.9. The van der Waals surface area contributed by atoms with E-state index in [4.69, 9.17) is 5.73 Å². The summed E-state index contributed by atoms with van der Waals surface area (Å²) in [4.78, 5) is 14.5. The average molecular weight is 260 g/mol. The Morgan fingerprint density at radius 3 is 2.74 bits per heavy atom. The van der Waals surface area contributed by atoms with E-state index in [1.165, 1.54) is 12.8 Å². The molecule has 1 aliphatic heterocycles. The standard InChI is InChI=1S/C16H24N2O/c1-2-5-15-6-3-4-11-18(15)16(19)12-13-7-9-14(17)10-8-13/h7-10,15H,2-6,11-12,17H2,1H3. The minimum atomic E-state index is 0.267. The van der Waals surface area contributed by atoms with Gasteiger partial charge >= 0.3 is 0 Å². The number of hydrogen-bond acceptors (Lipinski definition) is 2. The van der Waals surface area contributed by atoms with E-state index in [0.717, 1.165) is 37.1 Å². The van der Waals surface area contributed by atoms with Gasteiger partial charge in [-0.05, 0) is 43.4 Å². The molecule has 2 rings (SSSR count). The molecule has 1 aliphatic rings. The van der Waals surface area contributed by atoms with Crippen LogP contribution in [0.3, 0.4) is 0 Å². The zero-order chi connectivity index (χ0) is 13.7. The molecule has 3 heteroatoms. The van der Waals surface area contributed by atoms with Gasteiger partial charge in [0.25, 0.3) is 0 Å². The Morgan fingerprint density at radius 2 is 2.05 bits per heavy atom. The predicted molar refractivity (Wildman–Crippen MR) is 78.8 cm³/mol. The van der Waals surface area contributed by atoms with Crippen LogP contribution in [-0.4, -0.2) is 23.4 Å². The number of amides is 1. The van der Waals surface area contributed by atoms with Gasteiger partial charge in [0.1, 0.15) is 0 Å². The third-order valence-electron chi connectivity index (χ3n) is 3.90. The Labute approximate surface area is 115 Å². The molecule has 1 saturated heterocycles. The van der Waals surface area contributed by atoms with E-state index in [2.05, 4.69) is 11.8 Å². The van der Waals surface area contributed by atoms with Crippen LogP contribution in [-0.2, 0) is 11.2 Å². The molecule has 1 aromatic rings. The number of nitrogens with zero attached hydrogens (tertiary/aromatic N) is 1. The minimum Gasteiger partial charge on any atom is -0.399 e. The van der Waals surface area contributed by atoms with Crippen molar-refractivity contribution in [2.75, 3.05) is 12.3 Å². The number of nitrogen functional groups attached to an aromatic ring is 1. The molecule has 1 heterocycles. The van der Waals surface area contributed by atoms with Gasteiger partial charge < -0.3 is 10.6 Å². The molecule has 0 saturated carbocycles. The number of hydrogen-bond donors (Lipinski definition) is 1. The topological polar surface area (TPSA) is 46.3 Å². The summed E-state index contributed by atoms with van der Waals surface area (Å²) < 4.78 is 0. The number of carbonyl (C=O) groups is 1. The lowest BCUT2D eigenvalue weighted by atomic mass is 9.97. The second kappa shape index (κ2) is 6.60. The van der Waals surface area contributed by atoms with Crippen molar-refractivity contribution in [3.63, 3.8) is 0 Å². The molecule has 19 heavy (non-hydrogen) atoms. The van der Waals surface area contributed by atoms with Crippen LogP contribution in [0.5, 0.6) is 0 Å². The third-order valence-corrected chi connectivity index (χ3v) is 3.90. The van der Waals surface area contributed by atoms with E-state index in [-0.39, 0.29) is 5.91 Å². The Morgan fingerprint density at radius 1 is 1.32 bits per heavy atom. The lowest BCUT2D eigenvalue weighted by molar-refractivity contribution is -0.134. The first-order valence-corrected chi connectivity index (χ1v) is 7.34. The molecule has 1 aromatic carbocycles. The van der Waals surface area contributed by atoms with Gasteiger partial charge in [-0.25, -0.2) is 0 Å². The SMILES string of the molecule is CCCC1CCCCN1C(=O)Cc1ccc(N)cc1. The van der Waals surface area contributed by atoms with Gasteiger partial charge in [0.05, 0.1) is 6.42 Å². The molecule has 2 N–H and O–H groups in total. The molecule has 1 fully saturated rings. The summed E-state index contributed by atoms with van der Waals surface area (Å²) in [6.07, 6.45) is 6.36. The van der Waals surface area contributed by atoms with Gasteiger partial charge in [0.2, 0.25) is 5.91 Å². The fourth-order valence-corrected chi connectivity index (χ4v) is 2.87. The number of nitrogens with two attached hydrogens (primary N) is 1. The maximum Gasteiger partial charge on any atom is 0.227 e. The smallest absolute Gasteiger partial charge is 0.227 e. The molecule has 1 atom stereocenters. The molecule has 0 aliphatic carbocycles. The van der Waals surface area contributed by atoms with E-state index in [1.807, 2.05) is 24.3 Å². The van der Waals surface area contributed by atoms with Crippen molar-refractivity contribution in [1.82, 2.24) is 4.90 Å². The summed E-state index contributed by atoms with van der Waals surface area (Å²) in [6.45, 7) is 3.12. The van der Waals surface area contributed by atoms with E-state index in [0.29, 0.717) is 12.5 Å². The molecule has 0 aromatic heterocycles. The van der Waals surface area contributed by atoms with Crippen LogP contribution in [0.25, 0.3) is 0 Å². The molecule has 0 spiro atoms. The molecule has 104 valence electrons. The molecule has 3 nitrogen and oxygen atoms in total. The number of carbonyl (C=O) groups excluding carboxylic acids is 1. The minimum absolute atomic E-state index is 0.267. The lowest BCUT2D eigenvalue weighted by Crippen LogP contribution is -2.44. The highest BCUT2D eigenvalue weighted by molar-refractivity contribution is 5.79. The first-order chi connectivity index (χ1) is 9.20. The number of likely N-dealkylation sites (tertiary alicyclic amines) is 1. The molecular formula is C16H24N2O. The summed E-state index contributed by atoms with van der Waals surface area (Å²) >= 11 is 0. The monoisotopic (exact) mass is 260 g/mol. The molecule has 1 amide bonds. The number of anilines is 1. The van der Waals surface area contributed by atoms with Crippen LogP contribution in [0.15, 0.2) is 24.3 Å². The van der Waals surface area contributed by atoms with Crippen LogP contribution >= 0.6 is 0 Å². The van der Waals surface area contributed by atoms with Crippen LogP contribution in [0.4, 0.5) is 5.69 Å². The van der Waals surface area contributed by atoms with Gasteiger partial charge in [-0.15, -0.1) is 0 Å². The normalized spacial score (nSPS) is 19.4. The van der Waals surface area contributed by atoms with E-state index in [1.54, 1.807) is 0 Å². The van der Waals surface area contributed by atoms with Crippen molar-refractivity contribution >= 4 is 11.6 Å². The van der Waals surface area contributed by atoms with Gasteiger partial charge in [0, 0.05) is 18.3 Å². The fraction of sp³-hybridized carbons (Fsp3) is 0.562. The second-order valence-electron chi connectivity index (χ2n) is 5.44. The highest BCUT2D eigenvalue weighted by Crippen LogP contribution is 2.22. The lowest BCUT2D eigenvalue weighted by Gasteiger charge is -2.36. The Balaban J connectivity index is 1.99. The molecule has 1 unspecified atom stereocenters. The van der Waals surface area contributed by atoms with Crippen molar-refractivity contribution in [1.29, 1.82) is 0 Å². The van der Waals surface area contributed by atoms with E-state index in [9.17, 15) is 4.79 Å². The molecule has 0 bridgehead atoms. The number of benzene rings is 1. The highest BCUT2D eigenvalue weighted by atomic mass is 16.2. The van der Waals surface area contributed by atoms with Crippen molar-refractivity contribution < 1.29 is 4.79 Å².